The molecule has 1 heterocycles. The first-order valence-electron chi connectivity index (χ1n) is 9.17. The van der Waals surface area contributed by atoms with Gasteiger partial charge in [-0.3, -0.25) is 10.3 Å². The summed E-state index contributed by atoms with van der Waals surface area (Å²) in [7, 11) is 0. The number of hydrogen-bond acceptors (Lipinski definition) is 4. The van der Waals surface area contributed by atoms with E-state index in [0.717, 1.165) is 36.6 Å². The van der Waals surface area contributed by atoms with Gasteiger partial charge in [0.25, 0.3) is 0 Å². The lowest BCUT2D eigenvalue weighted by Gasteiger charge is -2.18. The molecule has 1 N–H and O–H groups in total. The third kappa shape index (κ3) is 5.33. The maximum absolute atomic E-state index is 5.94. The summed E-state index contributed by atoms with van der Waals surface area (Å²) in [5.74, 6) is 1.00. The molecule has 2 aromatic rings. The molecule has 1 fully saturated rings. The summed E-state index contributed by atoms with van der Waals surface area (Å²) in [4.78, 5) is 2.50. The number of hydrogen-bond donors (Lipinski definition) is 1. The van der Waals surface area contributed by atoms with E-state index in [1.54, 1.807) is 0 Å². The minimum atomic E-state index is 0.760. The Bertz CT molecular complexity index is 679. The fourth-order valence-electron chi connectivity index (χ4n) is 3.03. The van der Waals surface area contributed by atoms with E-state index in [9.17, 15) is 0 Å². The predicted octanol–water partition coefficient (Wildman–Crippen LogP) is 4.52. The Labute approximate surface area is 150 Å². The normalized spacial score (nSPS) is 14.9. The molecule has 0 bridgehead atoms. The van der Waals surface area contributed by atoms with E-state index in [4.69, 9.17) is 4.74 Å². The Morgan fingerprint density at radius 1 is 1.12 bits per heavy atom. The Balaban J connectivity index is 1.70. The van der Waals surface area contributed by atoms with E-state index >= 15 is 0 Å². The van der Waals surface area contributed by atoms with Crippen LogP contribution in [0.2, 0.25) is 0 Å². The number of nitrogens with zero attached hydrogens (tertiary/aromatic N) is 2. The monoisotopic (exact) mass is 337 g/mol. The molecule has 0 saturated carbocycles. The van der Waals surface area contributed by atoms with E-state index in [1.807, 2.05) is 36.5 Å². The van der Waals surface area contributed by atoms with Crippen LogP contribution in [0.1, 0.15) is 37.3 Å². The van der Waals surface area contributed by atoms with Gasteiger partial charge in [-0.15, -0.1) is 0 Å². The van der Waals surface area contributed by atoms with Crippen LogP contribution in [-0.4, -0.2) is 30.8 Å². The Hall–Kier alpha value is -2.33. The van der Waals surface area contributed by atoms with E-state index in [-0.39, 0.29) is 0 Å². The summed E-state index contributed by atoms with van der Waals surface area (Å²) in [5.41, 5.74) is 6.38. The first kappa shape index (κ1) is 17.5. The Morgan fingerprint density at radius 3 is 2.68 bits per heavy atom. The topological polar surface area (TPSA) is 36.9 Å². The van der Waals surface area contributed by atoms with Crippen molar-refractivity contribution in [3.8, 4) is 5.75 Å². The third-order valence-electron chi connectivity index (χ3n) is 4.32. The number of para-hydroxylation sites is 1. The molecule has 1 aliphatic rings. The summed E-state index contributed by atoms with van der Waals surface area (Å²) < 4.78 is 5.94. The molecule has 1 saturated heterocycles. The van der Waals surface area contributed by atoms with Crippen LogP contribution in [0.15, 0.2) is 53.6 Å². The van der Waals surface area contributed by atoms with Crippen LogP contribution in [-0.2, 0) is 6.54 Å². The van der Waals surface area contributed by atoms with Gasteiger partial charge in [0.1, 0.15) is 5.75 Å². The molecule has 2 aromatic carbocycles. The molecule has 4 nitrogen and oxygen atoms in total. The second-order valence-electron chi connectivity index (χ2n) is 6.43. The number of nitrogens with one attached hydrogen (secondary N) is 1. The van der Waals surface area contributed by atoms with E-state index in [0.29, 0.717) is 0 Å². The van der Waals surface area contributed by atoms with Crippen LogP contribution in [0.5, 0.6) is 5.75 Å². The van der Waals surface area contributed by atoms with Crippen molar-refractivity contribution in [2.75, 3.05) is 25.1 Å². The Morgan fingerprint density at radius 2 is 1.92 bits per heavy atom. The fourth-order valence-corrected chi connectivity index (χ4v) is 3.03. The molecule has 132 valence electrons. The number of benzene rings is 2. The smallest absolute Gasteiger partial charge is 0.123 e. The molecular formula is C21H27N3O. The van der Waals surface area contributed by atoms with Crippen molar-refractivity contribution in [1.29, 1.82) is 0 Å². The maximum Gasteiger partial charge on any atom is 0.123 e. The average Bonchev–Trinajstić information content (AvgIpc) is 3.15. The number of likely N-dealkylation sites (tertiary alicyclic amines) is 1. The van der Waals surface area contributed by atoms with Gasteiger partial charge >= 0.3 is 0 Å². The van der Waals surface area contributed by atoms with Gasteiger partial charge in [-0.05, 0) is 68.2 Å². The van der Waals surface area contributed by atoms with Gasteiger partial charge in [-0.1, -0.05) is 25.1 Å². The van der Waals surface area contributed by atoms with Gasteiger partial charge in [0, 0.05) is 12.1 Å². The van der Waals surface area contributed by atoms with Gasteiger partial charge in [0.15, 0.2) is 0 Å². The SMILES string of the molecule is CCCOc1ccc(C=NNc2ccccc2)cc1CN1CCCC1. The van der Waals surface area contributed by atoms with Gasteiger partial charge < -0.3 is 4.74 Å². The quantitative estimate of drug-likeness (QED) is 0.568. The van der Waals surface area contributed by atoms with Gasteiger partial charge in [0.05, 0.1) is 18.5 Å². The molecule has 1 aliphatic heterocycles. The van der Waals surface area contributed by atoms with Crippen LogP contribution in [0.25, 0.3) is 0 Å². The van der Waals surface area contributed by atoms with E-state index in [2.05, 4.69) is 40.5 Å². The summed E-state index contributed by atoms with van der Waals surface area (Å²) in [5, 5.41) is 4.35. The molecule has 0 radical (unpaired) electrons. The minimum absolute atomic E-state index is 0.760. The van der Waals surface area contributed by atoms with Crippen molar-refractivity contribution in [3.63, 3.8) is 0 Å². The molecule has 0 aromatic heterocycles. The zero-order chi connectivity index (χ0) is 17.3. The van der Waals surface area contributed by atoms with Crippen LogP contribution >= 0.6 is 0 Å². The molecular weight excluding hydrogens is 310 g/mol. The molecule has 3 rings (SSSR count). The number of rotatable bonds is 8. The summed E-state index contributed by atoms with van der Waals surface area (Å²) >= 11 is 0. The van der Waals surface area contributed by atoms with Crippen LogP contribution < -0.4 is 10.2 Å². The van der Waals surface area contributed by atoms with Crippen molar-refractivity contribution in [1.82, 2.24) is 4.90 Å². The lowest BCUT2D eigenvalue weighted by atomic mass is 10.1. The zero-order valence-electron chi connectivity index (χ0n) is 14.9. The van der Waals surface area contributed by atoms with E-state index < -0.39 is 0 Å². The molecule has 0 atom stereocenters. The van der Waals surface area contributed by atoms with Crippen LogP contribution in [0.4, 0.5) is 5.69 Å². The molecule has 4 heteroatoms. The van der Waals surface area contributed by atoms with Crippen molar-refractivity contribution in [3.05, 3.63) is 59.7 Å². The fraction of sp³-hybridized carbons (Fsp3) is 0.381. The lowest BCUT2D eigenvalue weighted by Crippen LogP contribution is -2.19. The minimum Gasteiger partial charge on any atom is -0.493 e. The standard InChI is InChI=1S/C21H27N3O/c1-2-14-25-21-11-10-18(15-19(21)17-24-12-6-7-13-24)16-22-23-20-8-4-3-5-9-20/h3-5,8-11,15-16,23H,2,6-7,12-14,17H2,1H3. The predicted molar refractivity (Wildman–Crippen MR) is 104 cm³/mol. The number of ether oxygens (including phenoxy) is 1. The highest BCUT2D eigenvalue weighted by Gasteiger charge is 2.14. The van der Waals surface area contributed by atoms with Crippen LogP contribution in [0.3, 0.4) is 0 Å². The van der Waals surface area contributed by atoms with E-state index in [1.165, 1.54) is 31.5 Å². The molecule has 0 amide bonds. The average molecular weight is 337 g/mol. The molecule has 0 aliphatic carbocycles. The molecule has 0 unspecified atom stereocenters. The first-order valence-corrected chi connectivity index (χ1v) is 9.17. The zero-order valence-corrected chi connectivity index (χ0v) is 14.9. The van der Waals surface area contributed by atoms with Crippen LogP contribution in [0, 0.1) is 0 Å². The number of hydrazone groups is 1. The summed E-state index contributed by atoms with van der Waals surface area (Å²) in [6.07, 6.45) is 5.48. The highest BCUT2D eigenvalue weighted by atomic mass is 16.5. The first-order chi connectivity index (χ1) is 12.3. The largest absolute Gasteiger partial charge is 0.493 e. The van der Waals surface area contributed by atoms with Crippen molar-refractivity contribution in [2.24, 2.45) is 5.10 Å². The molecule has 0 spiro atoms. The lowest BCUT2D eigenvalue weighted by molar-refractivity contribution is 0.293. The van der Waals surface area contributed by atoms with Crippen molar-refractivity contribution >= 4 is 11.9 Å². The van der Waals surface area contributed by atoms with Crippen molar-refractivity contribution < 1.29 is 4.74 Å². The maximum atomic E-state index is 5.94. The second-order valence-corrected chi connectivity index (χ2v) is 6.43. The second kappa shape index (κ2) is 9.23. The summed E-state index contributed by atoms with van der Waals surface area (Å²) in [6, 6.07) is 16.3. The van der Waals surface area contributed by atoms with Crippen molar-refractivity contribution in [2.45, 2.75) is 32.7 Å². The highest BCUT2D eigenvalue weighted by Crippen LogP contribution is 2.23. The highest BCUT2D eigenvalue weighted by molar-refractivity contribution is 5.81. The third-order valence-corrected chi connectivity index (χ3v) is 4.32. The Kier molecular flexibility index (Phi) is 6.46. The van der Waals surface area contributed by atoms with Gasteiger partial charge in [0.2, 0.25) is 0 Å². The molecule has 25 heavy (non-hydrogen) atoms. The number of anilines is 1. The summed E-state index contributed by atoms with van der Waals surface area (Å²) in [6.45, 7) is 6.21. The van der Waals surface area contributed by atoms with Gasteiger partial charge in [-0.25, -0.2) is 0 Å². The van der Waals surface area contributed by atoms with Gasteiger partial charge in [-0.2, -0.15) is 5.10 Å².